The van der Waals surface area contributed by atoms with E-state index in [4.69, 9.17) is 9.47 Å². The van der Waals surface area contributed by atoms with E-state index in [0.29, 0.717) is 6.54 Å². The van der Waals surface area contributed by atoms with Crippen molar-refractivity contribution in [1.82, 2.24) is 5.32 Å². The fourth-order valence-corrected chi connectivity index (χ4v) is 3.49. The number of carbonyl (C=O) groups excluding carboxylic acids is 2. The van der Waals surface area contributed by atoms with Gasteiger partial charge in [-0.25, -0.2) is 0 Å². The second kappa shape index (κ2) is 5.35. The lowest BCUT2D eigenvalue weighted by molar-refractivity contribution is -0.172. The summed E-state index contributed by atoms with van der Waals surface area (Å²) in [5.74, 6) is -0.463. The number of esters is 2. The Balaban J connectivity index is 2.23. The molecule has 1 aliphatic carbocycles. The van der Waals surface area contributed by atoms with Gasteiger partial charge in [-0.05, 0) is 33.6 Å². The second-order valence-corrected chi connectivity index (χ2v) is 6.89. The van der Waals surface area contributed by atoms with E-state index in [1.807, 2.05) is 20.8 Å². The van der Waals surface area contributed by atoms with Gasteiger partial charge in [0.25, 0.3) is 0 Å². The minimum absolute atomic E-state index is 0.0152. The van der Waals surface area contributed by atoms with Gasteiger partial charge in [0.05, 0.1) is 12.5 Å². The lowest BCUT2D eigenvalue weighted by Crippen LogP contribution is -2.46. The van der Waals surface area contributed by atoms with E-state index < -0.39 is 11.0 Å². The van der Waals surface area contributed by atoms with Gasteiger partial charge in [-0.3, -0.25) is 9.59 Å². The van der Waals surface area contributed by atoms with Crippen LogP contribution in [0.25, 0.3) is 0 Å². The molecule has 1 N–H and O–H groups in total. The first-order chi connectivity index (χ1) is 9.30. The van der Waals surface area contributed by atoms with Crippen LogP contribution in [0.4, 0.5) is 0 Å². The van der Waals surface area contributed by atoms with Gasteiger partial charge in [0.15, 0.2) is 0 Å². The summed E-state index contributed by atoms with van der Waals surface area (Å²) in [5.41, 5.74) is -1.07. The Morgan fingerprint density at radius 2 is 1.95 bits per heavy atom. The molecule has 0 amide bonds. The third-order valence-corrected chi connectivity index (χ3v) is 4.40. The second-order valence-electron chi connectivity index (χ2n) is 6.89. The molecule has 0 bridgehead atoms. The minimum Gasteiger partial charge on any atom is -0.468 e. The number of hydrogen-bond donors (Lipinski definition) is 1. The van der Waals surface area contributed by atoms with E-state index >= 15 is 0 Å². The molecule has 5 heteroatoms. The molecule has 2 rings (SSSR count). The molecule has 0 aromatic heterocycles. The summed E-state index contributed by atoms with van der Waals surface area (Å²) < 4.78 is 10.5. The normalized spacial score (nSPS) is 33.4. The highest BCUT2D eigenvalue weighted by Gasteiger charge is 2.57. The van der Waals surface area contributed by atoms with E-state index in [1.54, 1.807) is 0 Å². The van der Waals surface area contributed by atoms with Crippen molar-refractivity contribution in [2.75, 3.05) is 13.7 Å². The zero-order valence-electron chi connectivity index (χ0n) is 12.8. The molecular weight excluding hydrogens is 258 g/mol. The Bertz CT molecular complexity index is 401. The standard InChI is InChI=1S/C15H25NO4/c1-14(2,3)20-13(18)15-8-6-5-7-10(15)11(16-9-15)12(17)19-4/h10-11,16H,5-9H2,1-4H3. The van der Waals surface area contributed by atoms with Gasteiger partial charge in [-0.1, -0.05) is 12.8 Å². The zero-order chi connectivity index (χ0) is 15.0. The van der Waals surface area contributed by atoms with Gasteiger partial charge in [0, 0.05) is 12.5 Å². The minimum atomic E-state index is -0.565. The van der Waals surface area contributed by atoms with Gasteiger partial charge >= 0.3 is 11.9 Å². The average molecular weight is 283 g/mol. The SMILES string of the molecule is COC(=O)C1NCC2(C(=O)OC(C)(C)C)CCCCC12. The molecule has 1 aliphatic heterocycles. The van der Waals surface area contributed by atoms with Gasteiger partial charge < -0.3 is 14.8 Å². The highest BCUT2D eigenvalue weighted by molar-refractivity contribution is 5.83. The van der Waals surface area contributed by atoms with Crippen LogP contribution in [0, 0.1) is 11.3 Å². The Morgan fingerprint density at radius 1 is 1.25 bits per heavy atom. The fourth-order valence-electron chi connectivity index (χ4n) is 3.49. The molecule has 1 saturated heterocycles. The molecule has 20 heavy (non-hydrogen) atoms. The number of methoxy groups -OCH3 is 1. The summed E-state index contributed by atoms with van der Waals surface area (Å²) in [7, 11) is 1.39. The van der Waals surface area contributed by atoms with Crippen molar-refractivity contribution in [2.45, 2.75) is 58.1 Å². The van der Waals surface area contributed by atoms with Crippen LogP contribution in [0.1, 0.15) is 46.5 Å². The predicted octanol–water partition coefficient (Wildman–Crippen LogP) is 1.65. The largest absolute Gasteiger partial charge is 0.468 e. The zero-order valence-corrected chi connectivity index (χ0v) is 12.8. The van der Waals surface area contributed by atoms with Crippen molar-refractivity contribution in [3.8, 4) is 0 Å². The Hall–Kier alpha value is -1.10. The summed E-state index contributed by atoms with van der Waals surface area (Å²) in [4.78, 5) is 24.5. The van der Waals surface area contributed by atoms with Crippen molar-refractivity contribution in [3.05, 3.63) is 0 Å². The van der Waals surface area contributed by atoms with E-state index in [9.17, 15) is 9.59 Å². The maximum atomic E-state index is 12.7. The molecule has 0 aromatic carbocycles. The Kier molecular flexibility index (Phi) is 4.09. The molecule has 1 heterocycles. The van der Waals surface area contributed by atoms with Gasteiger partial charge in [0.2, 0.25) is 0 Å². The molecular formula is C15H25NO4. The van der Waals surface area contributed by atoms with Crippen molar-refractivity contribution >= 4 is 11.9 Å². The number of nitrogens with one attached hydrogen (secondary N) is 1. The summed E-state index contributed by atoms with van der Waals surface area (Å²) in [5, 5.41) is 3.18. The summed E-state index contributed by atoms with van der Waals surface area (Å²) in [6.07, 6.45) is 3.70. The van der Waals surface area contributed by atoms with Crippen LogP contribution in [0.2, 0.25) is 0 Å². The summed E-state index contributed by atoms with van der Waals surface area (Å²) in [6.45, 7) is 6.13. The van der Waals surface area contributed by atoms with Crippen molar-refractivity contribution in [3.63, 3.8) is 0 Å². The molecule has 3 atom stereocenters. The number of hydrogen-bond acceptors (Lipinski definition) is 5. The summed E-state index contributed by atoms with van der Waals surface area (Å²) >= 11 is 0. The highest BCUT2D eigenvalue weighted by atomic mass is 16.6. The van der Waals surface area contributed by atoms with Crippen LogP contribution >= 0.6 is 0 Å². The van der Waals surface area contributed by atoms with Crippen LogP contribution in [-0.4, -0.2) is 37.2 Å². The number of carbonyl (C=O) groups is 2. The first kappa shape index (κ1) is 15.3. The van der Waals surface area contributed by atoms with Crippen LogP contribution in [0.3, 0.4) is 0 Å². The van der Waals surface area contributed by atoms with Crippen LogP contribution in [-0.2, 0) is 19.1 Å². The maximum absolute atomic E-state index is 12.7. The molecule has 5 nitrogen and oxygen atoms in total. The van der Waals surface area contributed by atoms with E-state index in [1.165, 1.54) is 7.11 Å². The number of fused-ring (bicyclic) bond motifs is 1. The monoisotopic (exact) mass is 283 g/mol. The lowest BCUT2D eigenvalue weighted by Gasteiger charge is -2.39. The average Bonchev–Trinajstić information content (AvgIpc) is 2.76. The molecule has 1 saturated carbocycles. The quantitative estimate of drug-likeness (QED) is 0.781. The van der Waals surface area contributed by atoms with Crippen molar-refractivity contribution < 1.29 is 19.1 Å². The Morgan fingerprint density at radius 3 is 2.55 bits per heavy atom. The van der Waals surface area contributed by atoms with Crippen molar-refractivity contribution in [1.29, 1.82) is 0 Å². The molecule has 2 fully saturated rings. The van der Waals surface area contributed by atoms with Gasteiger partial charge in [0.1, 0.15) is 11.6 Å². The van der Waals surface area contributed by atoms with Crippen LogP contribution in [0.5, 0.6) is 0 Å². The maximum Gasteiger partial charge on any atom is 0.323 e. The fraction of sp³-hybridized carbons (Fsp3) is 0.867. The van der Waals surface area contributed by atoms with Crippen molar-refractivity contribution in [2.24, 2.45) is 11.3 Å². The molecule has 2 aliphatic rings. The molecule has 0 radical (unpaired) electrons. The predicted molar refractivity (Wildman–Crippen MR) is 74.0 cm³/mol. The first-order valence-corrected chi connectivity index (χ1v) is 7.35. The van der Waals surface area contributed by atoms with E-state index in [0.717, 1.165) is 25.7 Å². The molecule has 114 valence electrons. The lowest BCUT2D eigenvalue weighted by atomic mass is 9.66. The molecule has 0 spiro atoms. The molecule has 0 aromatic rings. The van der Waals surface area contributed by atoms with Gasteiger partial charge in [-0.2, -0.15) is 0 Å². The van der Waals surface area contributed by atoms with E-state index in [2.05, 4.69) is 5.32 Å². The number of ether oxygens (including phenoxy) is 2. The highest BCUT2D eigenvalue weighted by Crippen LogP contribution is 2.48. The third kappa shape index (κ3) is 2.68. The Labute approximate surface area is 120 Å². The van der Waals surface area contributed by atoms with E-state index in [-0.39, 0.29) is 23.9 Å². The smallest absolute Gasteiger partial charge is 0.323 e. The topological polar surface area (TPSA) is 64.6 Å². The van der Waals surface area contributed by atoms with Crippen LogP contribution < -0.4 is 5.32 Å². The molecule has 3 unspecified atom stereocenters. The number of rotatable bonds is 2. The summed E-state index contributed by atoms with van der Waals surface area (Å²) in [6, 6.07) is -0.382. The van der Waals surface area contributed by atoms with Gasteiger partial charge in [-0.15, -0.1) is 0 Å². The van der Waals surface area contributed by atoms with Crippen LogP contribution in [0.15, 0.2) is 0 Å². The third-order valence-electron chi connectivity index (χ3n) is 4.40. The first-order valence-electron chi connectivity index (χ1n) is 7.35.